The fraction of sp³-hybridized carbons (Fsp3) is 0.263. The van der Waals surface area contributed by atoms with Crippen molar-refractivity contribution in [3.63, 3.8) is 0 Å². The van der Waals surface area contributed by atoms with Crippen molar-refractivity contribution >= 4 is 29.0 Å². The second-order valence-electron chi connectivity index (χ2n) is 6.30. The van der Waals surface area contributed by atoms with Crippen LogP contribution < -0.4 is 15.4 Å². The normalized spacial score (nSPS) is 13.1. The Bertz CT molecular complexity index is 909. The zero-order chi connectivity index (χ0) is 20.1. The van der Waals surface area contributed by atoms with Gasteiger partial charge in [-0.15, -0.1) is 0 Å². The number of urea groups is 1. The summed E-state index contributed by atoms with van der Waals surface area (Å²) in [6.45, 7) is 1.45. The van der Waals surface area contributed by atoms with E-state index in [-0.39, 0.29) is 17.3 Å². The van der Waals surface area contributed by atoms with E-state index in [0.717, 1.165) is 25.9 Å². The smallest absolute Gasteiger partial charge is 0.321 e. The minimum absolute atomic E-state index is 0.115. The van der Waals surface area contributed by atoms with Crippen LogP contribution in [0.15, 0.2) is 42.5 Å². The average Bonchev–Trinajstić information content (AvgIpc) is 3.22. The second kappa shape index (κ2) is 8.38. The molecule has 9 heteroatoms. The number of methoxy groups -OCH3 is 1. The first-order chi connectivity index (χ1) is 13.5. The molecule has 146 valence electrons. The number of nitrogens with zero attached hydrogens (tertiary/aromatic N) is 2. The first-order valence-electron chi connectivity index (χ1n) is 8.77. The van der Waals surface area contributed by atoms with Crippen LogP contribution in [-0.4, -0.2) is 42.0 Å². The van der Waals surface area contributed by atoms with E-state index in [2.05, 4.69) is 10.6 Å². The summed E-state index contributed by atoms with van der Waals surface area (Å²) in [5.41, 5.74) is 0.490. The van der Waals surface area contributed by atoms with E-state index in [1.54, 1.807) is 29.2 Å². The summed E-state index contributed by atoms with van der Waals surface area (Å²) in [6, 6.07) is 10.4. The van der Waals surface area contributed by atoms with E-state index in [1.165, 1.54) is 25.3 Å². The lowest BCUT2D eigenvalue weighted by molar-refractivity contribution is -0.385. The quantitative estimate of drug-likeness (QED) is 0.605. The van der Waals surface area contributed by atoms with Crippen molar-refractivity contribution in [2.45, 2.75) is 12.8 Å². The number of rotatable bonds is 5. The number of nitrogens with one attached hydrogen (secondary N) is 2. The average molecular weight is 384 g/mol. The zero-order valence-electron chi connectivity index (χ0n) is 15.3. The van der Waals surface area contributed by atoms with Gasteiger partial charge in [-0.25, -0.2) is 4.79 Å². The number of benzene rings is 2. The first-order valence-corrected chi connectivity index (χ1v) is 8.77. The molecule has 28 heavy (non-hydrogen) atoms. The Balaban J connectivity index is 1.76. The van der Waals surface area contributed by atoms with Gasteiger partial charge in [0.1, 0.15) is 11.3 Å². The molecule has 2 aromatic rings. The summed E-state index contributed by atoms with van der Waals surface area (Å²) >= 11 is 0. The molecule has 1 saturated heterocycles. The van der Waals surface area contributed by atoms with E-state index in [9.17, 15) is 19.7 Å². The molecule has 0 aliphatic carbocycles. The van der Waals surface area contributed by atoms with Crippen molar-refractivity contribution in [2.75, 3.05) is 30.8 Å². The molecule has 1 aliphatic rings. The van der Waals surface area contributed by atoms with Gasteiger partial charge in [0.2, 0.25) is 0 Å². The van der Waals surface area contributed by atoms with Gasteiger partial charge in [0.05, 0.1) is 12.0 Å². The molecular weight excluding hydrogens is 364 g/mol. The predicted octanol–water partition coefficient (Wildman–Crippen LogP) is 3.48. The third-order valence-electron chi connectivity index (χ3n) is 4.41. The fourth-order valence-corrected chi connectivity index (χ4v) is 2.98. The number of carbonyl (C=O) groups is 2. The molecular formula is C19H20N4O5. The lowest BCUT2D eigenvalue weighted by atomic mass is 10.1. The number of nitro groups is 1. The number of hydrogen-bond donors (Lipinski definition) is 2. The van der Waals surface area contributed by atoms with Crippen LogP contribution in [0.25, 0.3) is 0 Å². The Hall–Kier alpha value is -3.62. The lowest BCUT2D eigenvalue weighted by Crippen LogP contribution is -2.32. The molecule has 0 radical (unpaired) electrons. The third kappa shape index (κ3) is 4.37. The summed E-state index contributed by atoms with van der Waals surface area (Å²) in [6.07, 6.45) is 1.98. The van der Waals surface area contributed by atoms with Crippen LogP contribution in [0.5, 0.6) is 5.75 Å². The van der Waals surface area contributed by atoms with Gasteiger partial charge in [-0.2, -0.15) is 0 Å². The molecule has 0 aromatic heterocycles. The highest BCUT2D eigenvalue weighted by atomic mass is 16.6. The highest BCUT2D eigenvalue weighted by Gasteiger charge is 2.22. The van der Waals surface area contributed by atoms with E-state index in [4.69, 9.17) is 4.74 Å². The monoisotopic (exact) mass is 384 g/mol. The Kier molecular flexibility index (Phi) is 5.73. The number of hydrogen-bond acceptors (Lipinski definition) is 5. The largest absolute Gasteiger partial charge is 0.497 e. The maximum Gasteiger partial charge on any atom is 0.321 e. The molecule has 0 saturated carbocycles. The van der Waals surface area contributed by atoms with E-state index >= 15 is 0 Å². The molecule has 1 heterocycles. The maximum absolute atomic E-state index is 12.6. The fourth-order valence-electron chi connectivity index (χ4n) is 2.98. The molecule has 2 aromatic carbocycles. The van der Waals surface area contributed by atoms with E-state index in [1.807, 2.05) is 0 Å². The predicted molar refractivity (Wildman–Crippen MR) is 104 cm³/mol. The van der Waals surface area contributed by atoms with Gasteiger partial charge in [-0.05, 0) is 43.2 Å². The van der Waals surface area contributed by atoms with E-state index < -0.39 is 10.8 Å². The van der Waals surface area contributed by atoms with Gasteiger partial charge in [0.25, 0.3) is 11.6 Å². The maximum atomic E-state index is 12.6. The molecule has 0 atom stereocenters. The van der Waals surface area contributed by atoms with Crippen molar-refractivity contribution in [3.05, 3.63) is 58.1 Å². The van der Waals surface area contributed by atoms with Gasteiger partial charge in [-0.3, -0.25) is 14.9 Å². The van der Waals surface area contributed by atoms with Crippen LogP contribution in [0.1, 0.15) is 23.2 Å². The summed E-state index contributed by atoms with van der Waals surface area (Å²) in [5.74, 6) is -0.309. The summed E-state index contributed by atoms with van der Waals surface area (Å²) in [4.78, 5) is 37.1. The van der Waals surface area contributed by atoms with Gasteiger partial charge in [-0.1, -0.05) is 6.07 Å². The molecule has 1 aliphatic heterocycles. The van der Waals surface area contributed by atoms with Crippen molar-refractivity contribution in [3.8, 4) is 5.75 Å². The van der Waals surface area contributed by atoms with Gasteiger partial charge >= 0.3 is 6.03 Å². The molecule has 3 amide bonds. The molecule has 0 bridgehead atoms. The molecule has 0 spiro atoms. The number of nitro benzene ring substituents is 1. The minimum Gasteiger partial charge on any atom is -0.497 e. The Morgan fingerprint density at radius 1 is 1.07 bits per heavy atom. The zero-order valence-corrected chi connectivity index (χ0v) is 15.3. The number of likely N-dealkylation sites (tertiary alicyclic amines) is 1. The number of carbonyl (C=O) groups excluding carboxylic acids is 2. The SMILES string of the molecule is COc1ccc([N+](=O)[O-])c(C(=O)Nc2cccc(NC(=O)N3CCCC3)c2)c1. The standard InChI is InChI=1S/C19H20N4O5/c1-28-15-7-8-17(23(26)27)16(12-15)18(24)20-13-5-4-6-14(11-13)21-19(25)22-9-2-3-10-22/h4-8,11-12H,2-3,9-10H2,1H3,(H,20,24)(H,21,25). The van der Waals surface area contributed by atoms with Gasteiger partial charge in [0, 0.05) is 30.5 Å². The van der Waals surface area contributed by atoms with Gasteiger partial charge < -0.3 is 20.3 Å². The molecule has 9 nitrogen and oxygen atoms in total. The number of anilines is 2. The van der Waals surface area contributed by atoms with Crippen LogP contribution >= 0.6 is 0 Å². The van der Waals surface area contributed by atoms with Crippen LogP contribution in [0, 0.1) is 10.1 Å². The highest BCUT2D eigenvalue weighted by molar-refractivity contribution is 6.07. The van der Waals surface area contributed by atoms with E-state index in [0.29, 0.717) is 17.1 Å². The third-order valence-corrected chi connectivity index (χ3v) is 4.41. The molecule has 1 fully saturated rings. The second-order valence-corrected chi connectivity index (χ2v) is 6.30. The van der Waals surface area contributed by atoms with Crippen molar-refractivity contribution in [2.24, 2.45) is 0 Å². The van der Waals surface area contributed by atoms with Crippen LogP contribution in [0.3, 0.4) is 0 Å². The number of amides is 3. The first kappa shape index (κ1) is 19.2. The van der Waals surface area contributed by atoms with Gasteiger partial charge in [0.15, 0.2) is 0 Å². The Morgan fingerprint density at radius 2 is 1.75 bits per heavy atom. The topological polar surface area (TPSA) is 114 Å². The molecule has 3 rings (SSSR count). The Morgan fingerprint density at radius 3 is 2.39 bits per heavy atom. The van der Waals surface area contributed by atoms with Crippen molar-refractivity contribution in [1.82, 2.24) is 4.90 Å². The lowest BCUT2D eigenvalue weighted by Gasteiger charge is -2.16. The van der Waals surface area contributed by atoms with Crippen LogP contribution in [-0.2, 0) is 0 Å². The minimum atomic E-state index is -0.645. The van der Waals surface area contributed by atoms with Crippen molar-refractivity contribution in [1.29, 1.82) is 0 Å². The van der Waals surface area contributed by atoms with Crippen LogP contribution in [0.2, 0.25) is 0 Å². The van der Waals surface area contributed by atoms with Crippen LogP contribution in [0.4, 0.5) is 21.9 Å². The molecule has 2 N–H and O–H groups in total. The molecule has 0 unspecified atom stereocenters. The van der Waals surface area contributed by atoms with Crippen molar-refractivity contribution < 1.29 is 19.2 Å². The summed E-state index contributed by atoms with van der Waals surface area (Å²) < 4.78 is 5.05. The highest BCUT2D eigenvalue weighted by Crippen LogP contribution is 2.25. The number of ether oxygens (including phenoxy) is 1. The summed E-state index contributed by atoms with van der Waals surface area (Å²) in [7, 11) is 1.41. The summed E-state index contributed by atoms with van der Waals surface area (Å²) in [5, 5.41) is 16.6. The Labute approximate surface area is 161 Å².